The van der Waals surface area contributed by atoms with Crippen molar-refractivity contribution < 1.29 is 13.9 Å². The highest BCUT2D eigenvalue weighted by Gasteiger charge is 2.51. The minimum absolute atomic E-state index is 0.0710. The van der Waals surface area contributed by atoms with E-state index in [1.54, 1.807) is 12.1 Å². The van der Waals surface area contributed by atoms with Gasteiger partial charge in [-0.25, -0.2) is 4.39 Å². The molecule has 6 heteroatoms. The number of carbonyl (C=O) groups excluding carboxylic acids is 1. The molecule has 2 fully saturated rings. The largest absolute Gasteiger partial charge is 0.378 e. The monoisotopic (exact) mass is 418 g/mol. The normalized spacial score (nSPS) is 18.5. The fourth-order valence-electron chi connectivity index (χ4n) is 3.44. The van der Waals surface area contributed by atoms with Crippen molar-refractivity contribution >= 4 is 33.2 Å². The lowest BCUT2D eigenvalue weighted by molar-refractivity contribution is -0.118. The number of carbonyl (C=O) groups is 1. The van der Waals surface area contributed by atoms with E-state index in [4.69, 9.17) is 4.74 Å². The maximum Gasteiger partial charge on any atom is 0.235 e. The standard InChI is InChI=1S/C20H20BrFN2O2/c21-15-3-1-14(2-4-15)20(7-8-20)19(25)23-16-5-6-18(17(22)13-16)24-9-11-26-12-10-24/h1-6,13H,7-12H2,(H,23,25). The van der Waals surface area contributed by atoms with E-state index in [2.05, 4.69) is 21.2 Å². The number of nitrogens with zero attached hydrogens (tertiary/aromatic N) is 1. The Morgan fingerprint density at radius 3 is 2.42 bits per heavy atom. The first kappa shape index (κ1) is 17.5. The molecule has 0 unspecified atom stereocenters. The third-order valence-electron chi connectivity index (χ3n) is 5.14. The van der Waals surface area contributed by atoms with Gasteiger partial charge in [0.2, 0.25) is 5.91 Å². The minimum atomic E-state index is -0.486. The lowest BCUT2D eigenvalue weighted by atomic mass is 9.95. The summed E-state index contributed by atoms with van der Waals surface area (Å²) in [7, 11) is 0. The number of benzene rings is 2. The van der Waals surface area contributed by atoms with E-state index in [1.807, 2.05) is 29.2 Å². The van der Waals surface area contributed by atoms with Crippen LogP contribution >= 0.6 is 15.9 Å². The number of hydrogen-bond acceptors (Lipinski definition) is 3. The van der Waals surface area contributed by atoms with Crippen LogP contribution in [0.1, 0.15) is 18.4 Å². The third-order valence-corrected chi connectivity index (χ3v) is 5.67. The number of ether oxygens (including phenoxy) is 1. The van der Waals surface area contributed by atoms with E-state index in [9.17, 15) is 9.18 Å². The summed E-state index contributed by atoms with van der Waals surface area (Å²) in [5.41, 5.74) is 1.57. The average Bonchev–Trinajstić information content (AvgIpc) is 3.45. The van der Waals surface area contributed by atoms with Gasteiger partial charge in [-0.15, -0.1) is 0 Å². The zero-order chi connectivity index (χ0) is 18.1. The molecule has 1 heterocycles. The van der Waals surface area contributed by atoms with Crippen molar-refractivity contribution in [3.63, 3.8) is 0 Å². The van der Waals surface area contributed by atoms with Gasteiger partial charge in [-0.2, -0.15) is 0 Å². The molecule has 136 valence electrons. The van der Waals surface area contributed by atoms with E-state index in [-0.39, 0.29) is 11.7 Å². The molecule has 1 aliphatic heterocycles. The van der Waals surface area contributed by atoms with E-state index in [0.29, 0.717) is 37.7 Å². The van der Waals surface area contributed by atoms with Crippen LogP contribution in [0.4, 0.5) is 15.8 Å². The van der Waals surface area contributed by atoms with E-state index < -0.39 is 5.41 Å². The minimum Gasteiger partial charge on any atom is -0.378 e. The van der Waals surface area contributed by atoms with Gasteiger partial charge in [-0.3, -0.25) is 4.79 Å². The second-order valence-corrected chi connectivity index (χ2v) is 7.72. The first-order valence-corrected chi connectivity index (χ1v) is 9.58. The molecule has 0 spiro atoms. The van der Waals surface area contributed by atoms with Crippen molar-refractivity contribution in [2.24, 2.45) is 0 Å². The summed E-state index contributed by atoms with van der Waals surface area (Å²) < 4.78 is 20.8. The van der Waals surface area contributed by atoms with Crippen LogP contribution in [0.5, 0.6) is 0 Å². The molecule has 0 bridgehead atoms. The highest BCUT2D eigenvalue weighted by molar-refractivity contribution is 9.10. The molecule has 0 aromatic heterocycles. The molecule has 1 saturated carbocycles. The second-order valence-electron chi connectivity index (χ2n) is 6.81. The molecule has 0 radical (unpaired) electrons. The summed E-state index contributed by atoms with van der Waals surface area (Å²) >= 11 is 3.42. The Kier molecular flexibility index (Phi) is 4.71. The van der Waals surface area contributed by atoms with Crippen LogP contribution in [0.2, 0.25) is 0 Å². The molecule has 2 aliphatic rings. The molecular formula is C20H20BrFN2O2. The highest BCUT2D eigenvalue weighted by atomic mass is 79.9. The third kappa shape index (κ3) is 3.35. The van der Waals surface area contributed by atoms with Crippen molar-refractivity contribution in [3.8, 4) is 0 Å². The van der Waals surface area contributed by atoms with Crippen molar-refractivity contribution in [1.29, 1.82) is 0 Å². The summed E-state index contributed by atoms with van der Waals surface area (Å²) in [6.45, 7) is 2.56. The number of anilines is 2. The maximum absolute atomic E-state index is 14.5. The zero-order valence-electron chi connectivity index (χ0n) is 14.3. The molecule has 0 atom stereocenters. The Hall–Kier alpha value is -1.92. The average molecular weight is 419 g/mol. The summed E-state index contributed by atoms with van der Waals surface area (Å²) in [6, 6.07) is 12.7. The van der Waals surface area contributed by atoms with Crippen LogP contribution in [0.25, 0.3) is 0 Å². The van der Waals surface area contributed by atoms with Gasteiger partial charge in [0.05, 0.1) is 24.3 Å². The molecule has 1 N–H and O–H groups in total. The topological polar surface area (TPSA) is 41.6 Å². The van der Waals surface area contributed by atoms with E-state index in [0.717, 1.165) is 22.9 Å². The summed E-state index contributed by atoms with van der Waals surface area (Å²) in [4.78, 5) is 14.8. The van der Waals surface area contributed by atoms with Gasteiger partial charge in [-0.1, -0.05) is 28.1 Å². The van der Waals surface area contributed by atoms with Crippen LogP contribution in [0.15, 0.2) is 46.9 Å². The van der Waals surface area contributed by atoms with Gasteiger partial charge in [0, 0.05) is 23.2 Å². The molecule has 1 saturated heterocycles. The van der Waals surface area contributed by atoms with Crippen molar-refractivity contribution in [3.05, 3.63) is 58.3 Å². The van der Waals surface area contributed by atoms with Crippen molar-refractivity contribution in [2.75, 3.05) is 36.5 Å². The van der Waals surface area contributed by atoms with Crippen LogP contribution in [0, 0.1) is 5.82 Å². The van der Waals surface area contributed by atoms with Gasteiger partial charge in [0.15, 0.2) is 0 Å². The van der Waals surface area contributed by atoms with Gasteiger partial charge in [-0.05, 0) is 48.7 Å². The first-order chi connectivity index (χ1) is 12.6. The van der Waals surface area contributed by atoms with Crippen LogP contribution in [-0.4, -0.2) is 32.2 Å². The lowest BCUT2D eigenvalue weighted by Gasteiger charge is -2.29. The Morgan fingerprint density at radius 1 is 1.12 bits per heavy atom. The number of amides is 1. The second kappa shape index (κ2) is 7.00. The molecule has 26 heavy (non-hydrogen) atoms. The molecular weight excluding hydrogens is 399 g/mol. The Morgan fingerprint density at radius 2 is 1.81 bits per heavy atom. The van der Waals surface area contributed by atoms with Crippen LogP contribution in [-0.2, 0) is 14.9 Å². The highest BCUT2D eigenvalue weighted by Crippen LogP contribution is 2.49. The number of halogens is 2. The molecule has 4 nitrogen and oxygen atoms in total. The summed E-state index contributed by atoms with van der Waals surface area (Å²) in [5, 5.41) is 2.89. The number of rotatable bonds is 4. The Balaban J connectivity index is 1.49. The smallest absolute Gasteiger partial charge is 0.235 e. The molecule has 2 aromatic rings. The predicted octanol–water partition coefficient (Wildman–Crippen LogP) is 4.10. The van der Waals surface area contributed by atoms with Gasteiger partial charge in [0.25, 0.3) is 0 Å². The molecule has 4 rings (SSSR count). The van der Waals surface area contributed by atoms with Gasteiger partial charge >= 0.3 is 0 Å². The number of nitrogens with one attached hydrogen (secondary N) is 1. The Bertz CT molecular complexity index is 815. The van der Waals surface area contributed by atoms with Crippen LogP contribution in [0.3, 0.4) is 0 Å². The van der Waals surface area contributed by atoms with Crippen molar-refractivity contribution in [1.82, 2.24) is 0 Å². The first-order valence-electron chi connectivity index (χ1n) is 8.78. The van der Waals surface area contributed by atoms with E-state index >= 15 is 0 Å². The molecule has 1 amide bonds. The SMILES string of the molecule is O=C(Nc1ccc(N2CCOCC2)c(F)c1)C1(c2ccc(Br)cc2)CC1. The maximum atomic E-state index is 14.5. The zero-order valence-corrected chi connectivity index (χ0v) is 15.9. The predicted molar refractivity (Wildman–Crippen MR) is 103 cm³/mol. The molecule has 2 aromatic carbocycles. The summed E-state index contributed by atoms with van der Waals surface area (Å²) in [5.74, 6) is -0.392. The fraction of sp³-hybridized carbons (Fsp3) is 0.350. The van der Waals surface area contributed by atoms with Gasteiger partial charge in [0.1, 0.15) is 5.82 Å². The quantitative estimate of drug-likeness (QED) is 0.812. The number of hydrogen-bond donors (Lipinski definition) is 1. The van der Waals surface area contributed by atoms with E-state index in [1.165, 1.54) is 6.07 Å². The molecule has 1 aliphatic carbocycles. The fourth-order valence-corrected chi connectivity index (χ4v) is 3.70. The Labute approximate surface area is 160 Å². The van der Waals surface area contributed by atoms with Crippen molar-refractivity contribution in [2.45, 2.75) is 18.3 Å². The summed E-state index contributed by atoms with van der Waals surface area (Å²) in [6.07, 6.45) is 1.63. The lowest BCUT2D eigenvalue weighted by Crippen LogP contribution is -2.36. The number of morpholine rings is 1. The van der Waals surface area contributed by atoms with Gasteiger partial charge < -0.3 is 15.0 Å². The van der Waals surface area contributed by atoms with Crippen LogP contribution < -0.4 is 10.2 Å².